The van der Waals surface area contributed by atoms with Crippen LogP contribution in [0.3, 0.4) is 0 Å². The molecule has 5 nitrogen and oxygen atoms in total. The van der Waals surface area contributed by atoms with E-state index in [0.717, 1.165) is 26.1 Å². The summed E-state index contributed by atoms with van der Waals surface area (Å²) >= 11 is 0. The summed E-state index contributed by atoms with van der Waals surface area (Å²) in [5.74, 6) is -0.911. The number of nitrogens with one attached hydrogen (secondary N) is 1. The summed E-state index contributed by atoms with van der Waals surface area (Å²) in [6.07, 6.45) is 1.89. The molecule has 1 fully saturated rings. The maximum atomic E-state index is 11.7. The van der Waals surface area contributed by atoms with Gasteiger partial charge < -0.3 is 15.2 Å². The highest BCUT2D eigenvalue weighted by atomic mass is 16.5. The van der Waals surface area contributed by atoms with Crippen LogP contribution in [0.5, 0.6) is 0 Å². The Hall–Kier alpha value is -1.36. The van der Waals surface area contributed by atoms with Crippen LogP contribution in [-0.2, 0) is 14.3 Å². The van der Waals surface area contributed by atoms with Crippen molar-refractivity contribution >= 4 is 11.9 Å². The predicted octanol–water partition coefficient (Wildman–Crippen LogP) is 0.950. The zero-order valence-corrected chi connectivity index (χ0v) is 10.3. The van der Waals surface area contributed by atoms with Crippen molar-refractivity contribution in [3.05, 3.63) is 11.1 Å². The van der Waals surface area contributed by atoms with E-state index < -0.39 is 5.97 Å². The molecule has 1 heterocycles. The molecule has 0 aromatic heterocycles. The topological polar surface area (TPSA) is 75.6 Å². The lowest BCUT2D eigenvalue weighted by molar-refractivity contribution is -0.133. The van der Waals surface area contributed by atoms with Gasteiger partial charge in [0.05, 0.1) is 0 Å². The van der Waals surface area contributed by atoms with E-state index in [1.54, 1.807) is 0 Å². The number of aliphatic carboxylic acids is 1. The maximum absolute atomic E-state index is 11.7. The van der Waals surface area contributed by atoms with Gasteiger partial charge in [-0.3, -0.25) is 4.79 Å². The Morgan fingerprint density at radius 1 is 1.24 bits per heavy atom. The van der Waals surface area contributed by atoms with E-state index in [9.17, 15) is 9.59 Å². The molecule has 5 heteroatoms. The molecule has 1 aliphatic heterocycles. The van der Waals surface area contributed by atoms with Gasteiger partial charge in [0.2, 0.25) is 5.91 Å². The molecule has 0 aromatic carbocycles. The number of rotatable bonds is 4. The molecule has 0 aliphatic carbocycles. The third-order valence-electron chi connectivity index (χ3n) is 3.12. The van der Waals surface area contributed by atoms with Crippen molar-refractivity contribution in [1.82, 2.24) is 5.32 Å². The molecular weight excluding hydrogens is 222 g/mol. The van der Waals surface area contributed by atoms with Crippen molar-refractivity contribution in [3.63, 3.8) is 0 Å². The summed E-state index contributed by atoms with van der Waals surface area (Å²) < 4.78 is 5.22. The number of ether oxygens (including phenoxy) is 1. The average molecular weight is 241 g/mol. The van der Waals surface area contributed by atoms with Gasteiger partial charge in [0.1, 0.15) is 0 Å². The van der Waals surface area contributed by atoms with Gasteiger partial charge in [-0.15, -0.1) is 0 Å². The number of hydrogen-bond acceptors (Lipinski definition) is 3. The van der Waals surface area contributed by atoms with Crippen LogP contribution in [0.15, 0.2) is 11.1 Å². The Labute approximate surface area is 101 Å². The van der Waals surface area contributed by atoms with E-state index in [2.05, 4.69) is 5.32 Å². The first-order valence-corrected chi connectivity index (χ1v) is 5.79. The van der Waals surface area contributed by atoms with Crippen LogP contribution in [0.1, 0.15) is 26.7 Å². The second-order valence-corrected chi connectivity index (χ2v) is 4.32. The van der Waals surface area contributed by atoms with Gasteiger partial charge in [-0.2, -0.15) is 0 Å². The highest BCUT2D eigenvalue weighted by Gasteiger charge is 2.16. The minimum Gasteiger partial charge on any atom is -0.478 e. The smallest absolute Gasteiger partial charge is 0.331 e. The number of hydrogen-bond donors (Lipinski definition) is 2. The second kappa shape index (κ2) is 6.39. The van der Waals surface area contributed by atoms with E-state index in [4.69, 9.17) is 9.84 Å². The molecule has 1 rings (SSSR count). The standard InChI is InChI=1S/C12H19NO4/c1-8(9(2)12(15)16)11(14)13-7-10-3-5-17-6-4-10/h10H,3-7H2,1-2H3,(H,13,14)(H,15,16). The SMILES string of the molecule is CC(C(=O)O)=C(C)C(=O)NCC1CCOCC1. The Morgan fingerprint density at radius 2 is 1.82 bits per heavy atom. The third kappa shape index (κ3) is 4.19. The fourth-order valence-electron chi connectivity index (χ4n) is 1.65. The van der Waals surface area contributed by atoms with Crippen LogP contribution in [0, 0.1) is 5.92 Å². The highest BCUT2D eigenvalue weighted by molar-refractivity contribution is 6.01. The van der Waals surface area contributed by atoms with Crippen LogP contribution in [0.2, 0.25) is 0 Å². The quantitative estimate of drug-likeness (QED) is 0.718. The lowest BCUT2D eigenvalue weighted by atomic mass is 10.0. The molecule has 0 spiro atoms. The van der Waals surface area contributed by atoms with E-state index in [1.807, 2.05) is 0 Å². The third-order valence-corrected chi connectivity index (χ3v) is 3.12. The van der Waals surface area contributed by atoms with E-state index in [0.29, 0.717) is 12.5 Å². The molecule has 0 bridgehead atoms. The summed E-state index contributed by atoms with van der Waals surface area (Å²) in [4.78, 5) is 22.4. The first-order chi connectivity index (χ1) is 8.02. The van der Waals surface area contributed by atoms with Gasteiger partial charge in [0.25, 0.3) is 0 Å². The van der Waals surface area contributed by atoms with Gasteiger partial charge in [-0.25, -0.2) is 4.79 Å². The lowest BCUT2D eigenvalue weighted by Crippen LogP contribution is -2.33. The molecule has 0 aromatic rings. The number of carboxylic acid groups (broad SMARTS) is 1. The summed E-state index contributed by atoms with van der Waals surface area (Å²) in [7, 11) is 0. The Bertz CT molecular complexity index is 329. The molecule has 2 N–H and O–H groups in total. The first-order valence-electron chi connectivity index (χ1n) is 5.79. The second-order valence-electron chi connectivity index (χ2n) is 4.32. The van der Waals surface area contributed by atoms with Crippen molar-refractivity contribution in [2.24, 2.45) is 5.92 Å². The van der Waals surface area contributed by atoms with E-state index >= 15 is 0 Å². The summed E-state index contributed by atoms with van der Waals surface area (Å²) in [6, 6.07) is 0. The molecule has 1 saturated heterocycles. The molecular formula is C12H19NO4. The van der Waals surface area contributed by atoms with E-state index in [1.165, 1.54) is 13.8 Å². The Morgan fingerprint density at radius 3 is 2.35 bits per heavy atom. The highest BCUT2D eigenvalue weighted by Crippen LogP contribution is 2.13. The van der Waals surface area contributed by atoms with Crippen LogP contribution >= 0.6 is 0 Å². The molecule has 17 heavy (non-hydrogen) atoms. The van der Waals surface area contributed by atoms with Gasteiger partial charge in [0, 0.05) is 30.9 Å². The van der Waals surface area contributed by atoms with Gasteiger partial charge in [0.15, 0.2) is 0 Å². The predicted molar refractivity (Wildman–Crippen MR) is 62.6 cm³/mol. The van der Waals surface area contributed by atoms with Crippen LogP contribution in [0.25, 0.3) is 0 Å². The van der Waals surface area contributed by atoms with Crippen LogP contribution in [-0.4, -0.2) is 36.7 Å². The molecule has 0 unspecified atom stereocenters. The largest absolute Gasteiger partial charge is 0.478 e. The molecule has 0 saturated carbocycles. The van der Waals surface area contributed by atoms with Crippen LogP contribution < -0.4 is 5.32 Å². The lowest BCUT2D eigenvalue weighted by Gasteiger charge is -2.22. The molecule has 1 amide bonds. The monoisotopic (exact) mass is 241 g/mol. The Kier molecular flexibility index (Phi) is 5.15. The molecule has 0 radical (unpaired) electrons. The molecule has 1 aliphatic rings. The summed E-state index contributed by atoms with van der Waals surface area (Å²) in [5.41, 5.74) is 0.360. The normalized spacial score (nSPS) is 18.5. The first kappa shape index (κ1) is 13.7. The van der Waals surface area contributed by atoms with Crippen molar-refractivity contribution in [3.8, 4) is 0 Å². The van der Waals surface area contributed by atoms with Gasteiger partial charge >= 0.3 is 5.97 Å². The molecule has 0 atom stereocenters. The fourth-order valence-corrected chi connectivity index (χ4v) is 1.65. The van der Waals surface area contributed by atoms with Crippen molar-refractivity contribution in [2.75, 3.05) is 19.8 Å². The van der Waals surface area contributed by atoms with Crippen molar-refractivity contribution in [1.29, 1.82) is 0 Å². The minimum absolute atomic E-state index is 0.0921. The number of carboxylic acids is 1. The fraction of sp³-hybridized carbons (Fsp3) is 0.667. The minimum atomic E-state index is -1.05. The van der Waals surface area contributed by atoms with Gasteiger partial charge in [-0.1, -0.05) is 0 Å². The zero-order valence-electron chi connectivity index (χ0n) is 10.3. The summed E-state index contributed by atoms with van der Waals surface area (Å²) in [6.45, 7) is 5.04. The molecule has 96 valence electrons. The maximum Gasteiger partial charge on any atom is 0.331 e. The zero-order chi connectivity index (χ0) is 12.8. The van der Waals surface area contributed by atoms with E-state index in [-0.39, 0.29) is 17.1 Å². The average Bonchev–Trinajstić information content (AvgIpc) is 2.35. The van der Waals surface area contributed by atoms with Crippen molar-refractivity contribution in [2.45, 2.75) is 26.7 Å². The van der Waals surface area contributed by atoms with Gasteiger partial charge in [-0.05, 0) is 32.6 Å². The van der Waals surface area contributed by atoms with Crippen molar-refractivity contribution < 1.29 is 19.4 Å². The Balaban J connectivity index is 2.43. The number of carbonyl (C=O) groups excluding carboxylic acids is 1. The summed E-state index contributed by atoms with van der Waals surface area (Å²) in [5, 5.41) is 11.5. The number of carbonyl (C=O) groups is 2. The van der Waals surface area contributed by atoms with Crippen LogP contribution in [0.4, 0.5) is 0 Å². The number of amides is 1.